The van der Waals surface area contributed by atoms with Crippen molar-refractivity contribution in [3.05, 3.63) is 60.7 Å². The molecule has 0 unspecified atom stereocenters. The fraction of sp³-hybridized carbons (Fsp3) is 0. The minimum absolute atomic E-state index is 0. The summed E-state index contributed by atoms with van der Waals surface area (Å²) in [5, 5.41) is 0. The minimum Gasteiger partial charge on any atom is 2.00 e. The molecule has 2 aromatic carbocycles. The van der Waals surface area contributed by atoms with Gasteiger partial charge >= 0.3 is 170 Å². The largest absolute Gasteiger partial charge is 2.00 e. The molecule has 0 aliphatic heterocycles. The zero-order chi connectivity index (χ0) is 15.2. The van der Waals surface area contributed by atoms with Crippen LogP contribution < -0.4 is 16.9 Å². The second-order valence-electron chi connectivity index (χ2n) is 3.71. The Morgan fingerprint density at radius 1 is 0.714 bits per heavy atom. The fourth-order valence-electron chi connectivity index (χ4n) is 1.23. The molecule has 0 atom stereocenters. The molecule has 21 heavy (non-hydrogen) atoms. The van der Waals surface area contributed by atoms with Gasteiger partial charge in [-0.1, -0.05) is 0 Å². The third kappa shape index (κ3) is 8.69. The molecule has 0 aromatic heterocycles. The van der Waals surface area contributed by atoms with Gasteiger partial charge in [0.2, 0.25) is 0 Å². The van der Waals surface area contributed by atoms with Crippen molar-refractivity contribution in [1.82, 2.24) is 0 Å². The average molecular weight is 539 g/mol. The molecule has 0 fully saturated rings. The Kier molecular flexibility index (Phi) is 9.91. The van der Waals surface area contributed by atoms with Crippen LogP contribution in [-0.2, 0) is 7.48 Å². The molecule has 0 aliphatic carbocycles. The van der Waals surface area contributed by atoms with E-state index in [1.165, 1.54) is 36.4 Å². The van der Waals surface area contributed by atoms with Gasteiger partial charge < -0.3 is 0 Å². The third-order valence-electron chi connectivity index (χ3n) is 2.16. The Morgan fingerprint density at radius 3 is 1.24 bits per heavy atom. The van der Waals surface area contributed by atoms with E-state index in [0.29, 0.717) is 0 Å². The Labute approximate surface area is 168 Å². The van der Waals surface area contributed by atoms with E-state index in [1.807, 2.05) is 0 Å². The number of rotatable bonds is 2. The smallest absolute Gasteiger partial charge is 2.00 e. The summed E-state index contributed by atoms with van der Waals surface area (Å²) in [7, 11) is 0. The van der Waals surface area contributed by atoms with Gasteiger partial charge in [-0.05, 0) is 0 Å². The molecule has 2 N–H and O–H groups in total. The normalized spacial score (nSPS) is 10.9. The molecule has 2 rings (SSSR count). The van der Waals surface area contributed by atoms with Crippen LogP contribution in [0.5, 0.6) is 0 Å². The van der Waals surface area contributed by atoms with Gasteiger partial charge in [-0.2, -0.15) is 0 Å². The molecule has 108 valence electrons. The summed E-state index contributed by atoms with van der Waals surface area (Å²) in [4.78, 5) is 0. The van der Waals surface area contributed by atoms with Gasteiger partial charge in [-0.25, -0.2) is 0 Å². The first kappa shape index (κ1) is 21.6. The Morgan fingerprint density at radius 2 is 1.05 bits per heavy atom. The number of benzene rings is 2. The van der Waals surface area contributed by atoms with E-state index in [2.05, 4.69) is 0 Å². The maximum absolute atomic E-state index is 10.6. The molecule has 0 aliphatic rings. The first-order chi connectivity index (χ1) is 9.21. The molecule has 6 nitrogen and oxygen atoms in total. The molecule has 0 spiro atoms. The molecule has 0 heterocycles. The predicted octanol–water partition coefficient (Wildman–Crippen LogP) is -3.15. The van der Waals surface area contributed by atoms with Crippen molar-refractivity contribution in [2.24, 2.45) is 0 Å². The molecule has 9 heteroatoms. The third-order valence-corrected chi connectivity index (χ3v) is 6.15. The second kappa shape index (κ2) is 9.65. The van der Waals surface area contributed by atoms with E-state index < -0.39 is 28.3 Å². The van der Waals surface area contributed by atoms with E-state index in [0.717, 1.165) is 0 Å². The maximum Gasteiger partial charge on any atom is 2.00 e. The van der Waals surface area contributed by atoms with Crippen LogP contribution >= 0.6 is 0 Å². The van der Waals surface area contributed by atoms with Gasteiger partial charge in [0, 0.05) is 0 Å². The standard InChI is InChI=1S/2C6H7AsO3.Ba/c2*8-7(9,10)6-4-2-1-3-5-6;/h2*1-5H,(H2,8,9,10);/q;;+2/p-2. The summed E-state index contributed by atoms with van der Waals surface area (Å²) >= 11 is -9.70. The van der Waals surface area contributed by atoms with E-state index in [9.17, 15) is 15.7 Å². The van der Waals surface area contributed by atoms with Crippen molar-refractivity contribution in [2.75, 3.05) is 0 Å². The number of hydrogen-bond acceptors (Lipinski definition) is 4. The van der Waals surface area contributed by atoms with E-state index in [-0.39, 0.29) is 57.6 Å². The Bertz CT molecular complexity index is 565. The van der Waals surface area contributed by atoms with Crippen LogP contribution in [0.1, 0.15) is 0 Å². The first-order valence-corrected chi connectivity index (χ1v) is 12.0. The van der Waals surface area contributed by atoms with Crippen LogP contribution in [0.4, 0.5) is 0 Å². The SMILES string of the molecule is O=[As](O)(O)c1ccccc1.O=[As]([O-])([O-])c1ccccc1.[Ba+2]. The van der Waals surface area contributed by atoms with E-state index in [4.69, 9.17) is 8.19 Å². The van der Waals surface area contributed by atoms with Crippen LogP contribution in [0.3, 0.4) is 0 Å². The summed E-state index contributed by atoms with van der Waals surface area (Å²) in [6.07, 6.45) is 0. The summed E-state index contributed by atoms with van der Waals surface area (Å²) in [5.74, 6) is 0. The van der Waals surface area contributed by atoms with Gasteiger partial charge in [0.05, 0.1) is 0 Å². The molecular weight excluding hydrogens is 527 g/mol. The van der Waals surface area contributed by atoms with Gasteiger partial charge in [-0.3, -0.25) is 0 Å². The van der Waals surface area contributed by atoms with Crippen molar-refractivity contribution in [3.8, 4) is 0 Å². The Balaban J connectivity index is 0.000000364. The van der Waals surface area contributed by atoms with Gasteiger partial charge in [0.25, 0.3) is 0 Å². The fourth-order valence-corrected chi connectivity index (χ4v) is 3.54. The minimum atomic E-state index is -5.10. The molecule has 2 aromatic rings. The van der Waals surface area contributed by atoms with Crippen molar-refractivity contribution in [1.29, 1.82) is 0 Å². The van der Waals surface area contributed by atoms with Crippen molar-refractivity contribution < 1.29 is 23.9 Å². The summed E-state index contributed by atoms with van der Waals surface area (Å²) < 4.78 is 59.0. The molecular formula is C12H12As2BaO6. The number of hydrogen-bond donors (Lipinski definition) is 2. The van der Waals surface area contributed by atoms with Crippen molar-refractivity contribution in [2.45, 2.75) is 0 Å². The van der Waals surface area contributed by atoms with Crippen molar-refractivity contribution >= 4 is 85.9 Å². The Hall–Kier alpha value is 0.568. The monoisotopic (exact) mass is 540 g/mol. The predicted molar refractivity (Wildman–Crippen MR) is 75.2 cm³/mol. The average Bonchev–Trinajstić information content (AvgIpc) is 2.40. The topological polar surface area (TPSA) is 121 Å². The zero-order valence-corrected chi connectivity index (χ0v) is 19.1. The quantitative estimate of drug-likeness (QED) is 0.389. The summed E-state index contributed by atoms with van der Waals surface area (Å²) in [6.45, 7) is 0. The van der Waals surface area contributed by atoms with E-state index >= 15 is 0 Å². The van der Waals surface area contributed by atoms with Crippen LogP contribution in [-0.4, -0.2) is 85.4 Å². The molecule has 0 radical (unpaired) electrons. The molecule has 0 amide bonds. The van der Waals surface area contributed by atoms with Crippen LogP contribution in [0.25, 0.3) is 0 Å². The molecule has 0 bridgehead atoms. The summed E-state index contributed by atoms with van der Waals surface area (Å²) in [5.41, 5.74) is 0. The maximum atomic E-state index is 10.6. The zero-order valence-electron chi connectivity index (χ0n) is 10.9. The van der Waals surface area contributed by atoms with Crippen molar-refractivity contribution in [3.63, 3.8) is 0 Å². The van der Waals surface area contributed by atoms with Crippen LogP contribution in [0.15, 0.2) is 60.7 Å². The van der Waals surface area contributed by atoms with E-state index in [1.54, 1.807) is 24.3 Å². The summed E-state index contributed by atoms with van der Waals surface area (Å²) in [6, 6.07) is 15.1. The van der Waals surface area contributed by atoms with Gasteiger partial charge in [0.15, 0.2) is 0 Å². The molecule has 0 saturated heterocycles. The van der Waals surface area contributed by atoms with Gasteiger partial charge in [-0.15, -0.1) is 0 Å². The first-order valence-electron chi connectivity index (χ1n) is 5.40. The van der Waals surface area contributed by atoms with Crippen LogP contribution in [0.2, 0.25) is 0 Å². The second-order valence-corrected chi connectivity index (χ2v) is 10.2. The van der Waals surface area contributed by atoms with Gasteiger partial charge in [0.1, 0.15) is 0 Å². The molecule has 0 saturated carbocycles. The van der Waals surface area contributed by atoms with Crippen LogP contribution in [0, 0.1) is 0 Å².